The molecule has 0 unspecified atom stereocenters. The molecule has 0 aliphatic carbocycles. The van der Waals surface area contributed by atoms with Crippen molar-refractivity contribution in [2.75, 3.05) is 13.2 Å². The third kappa shape index (κ3) is 4.03. The van der Waals surface area contributed by atoms with Gasteiger partial charge in [-0.05, 0) is 50.6 Å². The second-order valence-corrected chi connectivity index (χ2v) is 3.63. The van der Waals surface area contributed by atoms with Crippen molar-refractivity contribution in [2.45, 2.75) is 26.2 Å². The van der Waals surface area contributed by atoms with Gasteiger partial charge in [0.1, 0.15) is 5.75 Å². The molecular weight excluding hydrogens is 202 g/mol. The highest BCUT2D eigenvalue weighted by Crippen LogP contribution is 2.14. The molecule has 1 aromatic carbocycles. The first-order valence-corrected chi connectivity index (χ1v) is 5.74. The molecule has 0 aromatic heterocycles. The Morgan fingerprint density at radius 3 is 2.50 bits per heavy atom. The number of carbonyl (C=O) groups is 1. The lowest BCUT2D eigenvalue weighted by Crippen LogP contribution is -2.03. The smallest absolute Gasteiger partial charge is 0.162 e. The lowest BCUT2D eigenvalue weighted by molar-refractivity contribution is 0.0979. The molecule has 0 spiro atoms. The minimum atomic E-state index is 0.177. The van der Waals surface area contributed by atoms with Crippen molar-refractivity contribution in [3.8, 4) is 5.75 Å². The maximum absolute atomic E-state index is 11.7. The first-order valence-electron chi connectivity index (χ1n) is 5.74. The zero-order valence-electron chi connectivity index (χ0n) is 9.74. The van der Waals surface area contributed by atoms with E-state index in [4.69, 9.17) is 10.5 Å². The van der Waals surface area contributed by atoms with Crippen LogP contribution in [0.25, 0.3) is 0 Å². The number of carbonyl (C=O) groups excluding carboxylic acids is 1. The van der Waals surface area contributed by atoms with E-state index in [-0.39, 0.29) is 5.78 Å². The summed E-state index contributed by atoms with van der Waals surface area (Å²) in [4.78, 5) is 11.7. The Bertz CT molecular complexity index is 319. The lowest BCUT2D eigenvalue weighted by atomic mass is 10.1. The fraction of sp³-hybridized carbons (Fsp3) is 0.462. The quantitative estimate of drug-likeness (QED) is 0.568. The van der Waals surface area contributed by atoms with Gasteiger partial charge in [0.2, 0.25) is 0 Å². The van der Waals surface area contributed by atoms with Crippen LogP contribution in [0.1, 0.15) is 36.5 Å². The zero-order chi connectivity index (χ0) is 11.8. The van der Waals surface area contributed by atoms with Crippen LogP contribution >= 0.6 is 0 Å². The molecule has 0 radical (unpaired) electrons. The number of ether oxygens (including phenoxy) is 1. The number of ketones is 1. The summed E-state index contributed by atoms with van der Waals surface area (Å²) in [5, 5.41) is 0. The molecule has 0 fully saturated rings. The van der Waals surface area contributed by atoms with Crippen molar-refractivity contribution >= 4 is 5.78 Å². The molecule has 0 saturated heterocycles. The van der Waals surface area contributed by atoms with Crippen molar-refractivity contribution in [1.29, 1.82) is 0 Å². The number of benzene rings is 1. The molecule has 3 heteroatoms. The highest BCUT2D eigenvalue weighted by molar-refractivity contribution is 5.96. The van der Waals surface area contributed by atoms with Gasteiger partial charge in [-0.2, -0.15) is 0 Å². The Morgan fingerprint density at radius 1 is 1.25 bits per heavy atom. The zero-order valence-corrected chi connectivity index (χ0v) is 9.74. The predicted octanol–water partition coefficient (Wildman–Crippen LogP) is 2.40. The van der Waals surface area contributed by atoms with E-state index in [0.717, 1.165) is 24.2 Å². The SMILES string of the molecule is CCOc1ccc(C(=O)CCCCN)cc1. The number of Topliss-reactive ketones (excluding diaryl/α,β-unsaturated/α-hetero) is 1. The topological polar surface area (TPSA) is 52.3 Å². The van der Waals surface area contributed by atoms with E-state index in [1.54, 1.807) is 0 Å². The number of rotatable bonds is 7. The maximum Gasteiger partial charge on any atom is 0.162 e. The van der Waals surface area contributed by atoms with Gasteiger partial charge in [-0.15, -0.1) is 0 Å². The van der Waals surface area contributed by atoms with E-state index >= 15 is 0 Å². The number of unbranched alkanes of at least 4 members (excludes halogenated alkanes) is 1. The molecular formula is C13H19NO2. The molecule has 0 bridgehead atoms. The molecule has 0 atom stereocenters. The minimum Gasteiger partial charge on any atom is -0.494 e. The van der Waals surface area contributed by atoms with Crippen LogP contribution < -0.4 is 10.5 Å². The van der Waals surface area contributed by atoms with Gasteiger partial charge >= 0.3 is 0 Å². The molecule has 16 heavy (non-hydrogen) atoms. The Labute approximate surface area is 96.6 Å². The van der Waals surface area contributed by atoms with Gasteiger partial charge in [-0.25, -0.2) is 0 Å². The van der Waals surface area contributed by atoms with E-state index < -0.39 is 0 Å². The van der Waals surface area contributed by atoms with Gasteiger partial charge in [0, 0.05) is 12.0 Å². The Morgan fingerprint density at radius 2 is 1.94 bits per heavy atom. The summed E-state index contributed by atoms with van der Waals surface area (Å²) in [5.74, 6) is 0.984. The number of hydrogen-bond donors (Lipinski definition) is 1. The summed E-state index contributed by atoms with van der Waals surface area (Å²) >= 11 is 0. The normalized spacial score (nSPS) is 10.1. The highest BCUT2D eigenvalue weighted by atomic mass is 16.5. The fourth-order valence-corrected chi connectivity index (χ4v) is 1.48. The molecule has 0 aliphatic rings. The first kappa shape index (κ1) is 12.7. The van der Waals surface area contributed by atoms with Gasteiger partial charge in [-0.3, -0.25) is 4.79 Å². The molecule has 0 aliphatic heterocycles. The minimum absolute atomic E-state index is 0.177. The molecule has 3 nitrogen and oxygen atoms in total. The first-order chi connectivity index (χ1) is 7.77. The van der Waals surface area contributed by atoms with Crippen molar-refractivity contribution in [3.05, 3.63) is 29.8 Å². The Hall–Kier alpha value is -1.35. The third-order valence-electron chi connectivity index (χ3n) is 2.35. The number of hydrogen-bond acceptors (Lipinski definition) is 3. The Balaban J connectivity index is 2.49. The average Bonchev–Trinajstić information content (AvgIpc) is 2.30. The lowest BCUT2D eigenvalue weighted by Gasteiger charge is -2.04. The van der Waals surface area contributed by atoms with E-state index in [9.17, 15) is 4.79 Å². The fourth-order valence-electron chi connectivity index (χ4n) is 1.48. The second-order valence-electron chi connectivity index (χ2n) is 3.63. The molecule has 0 amide bonds. The molecule has 0 saturated carbocycles. The average molecular weight is 221 g/mol. The van der Waals surface area contributed by atoms with Crippen molar-refractivity contribution < 1.29 is 9.53 Å². The largest absolute Gasteiger partial charge is 0.494 e. The van der Waals surface area contributed by atoms with Gasteiger partial charge in [0.05, 0.1) is 6.61 Å². The van der Waals surface area contributed by atoms with Crippen LogP contribution in [-0.2, 0) is 0 Å². The Kier molecular flexibility index (Phi) is 5.57. The summed E-state index contributed by atoms with van der Waals surface area (Å²) < 4.78 is 5.31. The van der Waals surface area contributed by atoms with E-state index in [0.29, 0.717) is 19.6 Å². The van der Waals surface area contributed by atoms with E-state index in [1.807, 2.05) is 31.2 Å². The van der Waals surface area contributed by atoms with E-state index in [1.165, 1.54) is 0 Å². The summed E-state index contributed by atoms with van der Waals surface area (Å²) in [6.07, 6.45) is 2.34. The van der Waals surface area contributed by atoms with Crippen LogP contribution in [0.5, 0.6) is 5.75 Å². The van der Waals surface area contributed by atoms with Gasteiger partial charge in [-0.1, -0.05) is 0 Å². The maximum atomic E-state index is 11.7. The standard InChI is InChI=1S/C13H19NO2/c1-2-16-12-8-6-11(7-9-12)13(15)5-3-4-10-14/h6-9H,2-5,10,14H2,1H3. The number of nitrogens with two attached hydrogens (primary N) is 1. The van der Waals surface area contributed by atoms with Crippen LogP contribution in [0.3, 0.4) is 0 Å². The molecule has 1 aromatic rings. The van der Waals surface area contributed by atoms with E-state index in [2.05, 4.69) is 0 Å². The molecule has 0 heterocycles. The van der Waals surface area contributed by atoms with Gasteiger partial charge in [0.25, 0.3) is 0 Å². The van der Waals surface area contributed by atoms with Gasteiger partial charge in [0.15, 0.2) is 5.78 Å². The van der Waals surface area contributed by atoms with Gasteiger partial charge < -0.3 is 10.5 Å². The summed E-state index contributed by atoms with van der Waals surface area (Å²) in [5.41, 5.74) is 6.13. The van der Waals surface area contributed by atoms with Crippen LogP contribution in [0.4, 0.5) is 0 Å². The molecule has 1 rings (SSSR count). The van der Waals surface area contributed by atoms with Crippen molar-refractivity contribution in [2.24, 2.45) is 5.73 Å². The molecule has 88 valence electrons. The van der Waals surface area contributed by atoms with Crippen LogP contribution in [0.2, 0.25) is 0 Å². The predicted molar refractivity (Wildman–Crippen MR) is 64.8 cm³/mol. The molecule has 2 N–H and O–H groups in total. The second kappa shape index (κ2) is 7.01. The van der Waals surface area contributed by atoms with Crippen LogP contribution in [-0.4, -0.2) is 18.9 Å². The summed E-state index contributed by atoms with van der Waals surface area (Å²) in [6, 6.07) is 7.30. The monoisotopic (exact) mass is 221 g/mol. The van der Waals surface area contributed by atoms with Crippen molar-refractivity contribution in [3.63, 3.8) is 0 Å². The highest BCUT2D eigenvalue weighted by Gasteiger charge is 2.05. The summed E-state index contributed by atoms with van der Waals surface area (Å²) in [6.45, 7) is 3.23. The van der Waals surface area contributed by atoms with Crippen LogP contribution in [0.15, 0.2) is 24.3 Å². The van der Waals surface area contributed by atoms with Crippen LogP contribution in [0, 0.1) is 0 Å². The third-order valence-corrected chi connectivity index (χ3v) is 2.35. The summed E-state index contributed by atoms with van der Waals surface area (Å²) in [7, 11) is 0. The van der Waals surface area contributed by atoms with Crippen molar-refractivity contribution in [1.82, 2.24) is 0 Å².